The van der Waals surface area contributed by atoms with Crippen LogP contribution in [0.4, 0.5) is 21.0 Å². The standard InChI is InChI=1S/C25H29ClFN7O2/c1-16-22-29-30-23(32-11-9-31(10-12-32)21-8-6-19(27)14-28-21)34(22)20-7-5-18(26)13-17(20)15-33(16)24(35)36-25(2,3)4/h5-8,13-14,16H,9-12,15H2,1-4H3. The minimum Gasteiger partial charge on any atom is -0.444 e. The summed E-state index contributed by atoms with van der Waals surface area (Å²) in [5.74, 6) is 1.76. The van der Waals surface area contributed by atoms with Gasteiger partial charge in [0.1, 0.15) is 17.2 Å². The first kappa shape index (κ1) is 24.3. The summed E-state index contributed by atoms with van der Waals surface area (Å²) >= 11 is 6.35. The van der Waals surface area contributed by atoms with Gasteiger partial charge in [-0.3, -0.25) is 9.47 Å². The molecule has 9 nitrogen and oxygen atoms in total. The van der Waals surface area contributed by atoms with Crippen LogP contribution in [0.15, 0.2) is 36.5 Å². The van der Waals surface area contributed by atoms with E-state index in [-0.39, 0.29) is 11.9 Å². The van der Waals surface area contributed by atoms with E-state index in [0.717, 1.165) is 17.1 Å². The molecule has 2 aromatic heterocycles. The van der Waals surface area contributed by atoms with Gasteiger partial charge in [0.05, 0.1) is 24.5 Å². The number of ether oxygens (including phenoxy) is 1. The van der Waals surface area contributed by atoms with Crippen molar-refractivity contribution in [3.05, 3.63) is 58.8 Å². The number of hydrogen-bond acceptors (Lipinski definition) is 7. The summed E-state index contributed by atoms with van der Waals surface area (Å²) in [5, 5.41) is 9.67. The van der Waals surface area contributed by atoms with Crippen LogP contribution in [0.25, 0.3) is 5.69 Å². The summed E-state index contributed by atoms with van der Waals surface area (Å²) in [6.07, 6.45) is 0.819. The summed E-state index contributed by atoms with van der Waals surface area (Å²) < 4.78 is 21.0. The molecule has 36 heavy (non-hydrogen) atoms. The second kappa shape index (κ2) is 9.24. The summed E-state index contributed by atoms with van der Waals surface area (Å²) in [6.45, 7) is 10.6. The van der Waals surface area contributed by atoms with Crippen molar-refractivity contribution >= 4 is 29.5 Å². The molecular formula is C25H29ClFN7O2. The lowest BCUT2D eigenvalue weighted by Gasteiger charge is -2.36. The van der Waals surface area contributed by atoms with E-state index >= 15 is 0 Å². The Labute approximate surface area is 214 Å². The number of hydrogen-bond donors (Lipinski definition) is 0. The van der Waals surface area contributed by atoms with Crippen LogP contribution in [-0.4, -0.2) is 62.5 Å². The summed E-state index contributed by atoms with van der Waals surface area (Å²) in [7, 11) is 0. The molecule has 2 aliphatic rings. The van der Waals surface area contributed by atoms with E-state index in [4.69, 9.17) is 16.3 Å². The first-order valence-electron chi connectivity index (χ1n) is 12.0. The fraction of sp³-hybridized carbons (Fsp3) is 0.440. The molecule has 0 bridgehead atoms. The van der Waals surface area contributed by atoms with Gasteiger partial charge in [-0.2, -0.15) is 0 Å². The van der Waals surface area contributed by atoms with E-state index in [1.54, 1.807) is 11.0 Å². The highest BCUT2D eigenvalue weighted by atomic mass is 35.5. The molecule has 1 saturated heterocycles. The van der Waals surface area contributed by atoms with Crippen LogP contribution in [0.5, 0.6) is 0 Å². The SMILES string of the molecule is CC1c2nnc(N3CCN(c4ccc(F)cn4)CC3)n2-c2ccc(Cl)cc2CN1C(=O)OC(C)(C)C. The van der Waals surface area contributed by atoms with Crippen LogP contribution in [0.1, 0.15) is 45.1 Å². The summed E-state index contributed by atoms with van der Waals surface area (Å²) in [6, 6.07) is 8.39. The van der Waals surface area contributed by atoms with E-state index in [1.807, 2.05) is 50.5 Å². The lowest BCUT2D eigenvalue weighted by Crippen LogP contribution is -2.47. The fourth-order valence-corrected chi connectivity index (χ4v) is 4.78. The molecule has 4 heterocycles. The van der Waals surface area contributed by atoms with Gasteiger partial charge in [-0.15, -0.1) is 10.2 Å². The Morgan fingerprint density at radius 3 is 2.47 bits per heavy atom. The molecule has 0 spiro atoms. The predicted molar refractivity (Wildman–Crippen MR) is 135 cm³/mol. The van der Waals surface area contributed by atoms with Gasteiger partial charge in [0.15, 0.2) is 5.82 Å². The van der Waals surface area contributed by atoms with Crippen LogP contribution in [-0.2, 0) is 11.3 Å². The van der Waals surface area contributed by atoms with Crippen LogP contribution < -0.4 is 9.80 Å². The topological polar surface area (TPSA) is 79.6 Å². The van der Waals surface area contributed by atoms with Crippen molar-refractivity contribution in [3.8, 4) is 5.69 Å². The third kappa shape index (κ3) is 4.69. The number of benzene rings is 1. The van der Waals surface area contributed by atoms with Crippen molar-refractivity contribution in [1.82, 2.24) is 24.6 Å². The van der Waals surface area contributed by atoms with E-state index in [0.29, 0.717) is 49.5 Å². The van der Waals surface area contributed by atoms with Crippen molar-refractivity contribution in [2.75, 3.05) is 36.0 Å². The minimum atomic E-state index is -0.627. The number of aromatic nitrogens is 4. The number of halogens is 2. The second-order valence-electron chi connectivity index (χ2n) is 10.1. The number of carbonyl (C=O) groups excluding carboxylic acids is 1. The Bertz CT molecular complexity index is 1270. The van der Waals surface area contributed by atoms with Gasteiger partial charge in [-0.05, 0) is 63.6 Å². The van der Waals surface area contributed by atoms with Crippen molar-refractivity contribution in [2.45, 2.75) is 45.9 Å². The largest absolute Gasteiger partial charge is 0.444 e. The number of carbonyl (C=O) groups is 1. The Hall–Kier alpha value is -3.40. The minimum absolute atomic E-state index is 0.332. The molecule has 2 aliphatic heterocycles. The van der Waals surface area contributed by atoms with Crippen LogP contribution in [0, 0.1) is 5.82 Å². The average Bonchev–Trinajstić information content (AvgIpc) is 3.22. The molecule has 190 valence electrons. The quantitative estimate of drug-likeness (QED) is 0.495. The fourth-order valence-electron chi connectivity index (χ4n) is 4.59. The summed E-state index contributed by atoms with van der Waals surface area (Å²) in [5.41, 5.74) is 1.14. The van der Waals surface area contributed by atoms with Gasteiger partial charge >= 0.3 is 6.09 Å². The highest BCUT2D eigenvalue weighted by Crippen LogP contribution is 2.36. The zero-order chi connectivity index (χ0) is 25.6. The maximum atomic E-state index is 13.3. The molecule has 1 aromatic carbocycles. The van der Waals surface area contributed by atoms with Crippen LogP contribution in [0.3, 0.4) is 0 Å². The van der Waals surface area contributed by atoms with E-state index in [1.165, 1.54) is 12.3 Å². The monoisotopic (exact) mass is 513 g/mol. The molecule has 0 N–H and O–H groups in total. The Kier molecular flexibility index (Phi) is 6.23. The number of anilines is 2. The van der Waals surface area contributed by atoms with E-state index in [9.17, 15) is 9.18 Å². The number of rotatable bonds is 2. The van der Waals surface area contributed by atoms with E-state index < -0.39 is 11.7 Å². The van der Waals surface area contributed by atoms with Gasteiger partial charge in [0.2, 0.25) is 5.95 Å². The molecule has 1 fully saturated rings. The third-order valence-corrected chi connectivity index (χ3v) is 6.60. The van der Waals surface area contributed by atoms with Gasteiger partial charge in [-0.1, -0.05) is 11.6 Å². The molecule has 1 atom stereocenters. The Morgan fingerprint density at radius 1 is 1.08 bits per heavy atom. The first-order valence-corrected chi connectivity index (χ1v) is 12.3. The lowest BCUT2D eigenvalue weighted by molar-refractivity contribution is 0.0149. The third-order valence-electron chi connectivity index (χ3n) is 6.36. The average molecular weight is 514 g/mol. The number of amides is 1. The second-order valence-corrected chi connectivity index (χ2v) is 10.5. The Morgan fingerprint density at radius 2 is 1.81 bits per heavy atom. The van der Waals surface area contributed by atoms with Gasteiger partial charge < -0.3 is 14.5 Å². The summed E-state index contributed by atoms with van der Waals surface area (Å²) in [4.78, 5) is 23.3. The van der Waals surface area contributed by atoms with Gasteiger partial charge in [0.25, 0.3) is 0 Å². The van der Waals surface area contributed by atoms with Gasteiger partial charge in [-0.25, -0.2) is 14.2 Å². The number of pyridine rings is 1. The number of fused-ring (bicyclic) bond motifs is 3. The lowest BCUT2D eigenvalue weighted by atomic mass is 10.1. The molecule has 1 amide bonds. The maximum Gasteiger partial charge on any atom is 0.411 e. The van der Waals surface area contributed by atoms with Crippen LogP contribution >= 0.6 is 11.6 Å². The van der Waals surface area contributed by atoms with Gasteiger partial charge in [0, 0.05) is 31.2 Å². The number of nitrogens with zero attached hydrogens (tertiary/aromatic N) is 7. The molecule has 11 heteroatoms. The molecular weight excluding hydrogens is 485 g/mol. The molecule has 1 unspecified atom stereocenters. The van der Waals surface area contributed by atoms with Crippen molar-refractivity contribution in [1.29, 1.82) is 0 Å². The van der Waals surface area contributed by atoms with Crippen molar-refractivity contribution < 1.29 is 13.9 Å². The predicted octanol–water partition coefficient (Wildman–Crippen LogP) is 4.59. The Balaban J connectivity index is 1.47. The molecule has 5 rings (SSSR count). The highest BCUT2D eigenvalue weighted by Gasteiger charge is 2.36. The zero-order valence-electron chi connectivity index (χ0n) is 20.8. The first-order chi connectivity index (χ1) is 17.1. The smallest absolute Gasteiger partial charge is 0.411 e. The number of piperazine rings is 1. The molecule has 0 saturated carbocycles. The van der Waals surface area contributed by atoms with Crippen LogP contribution in [0.2, 0.25) is 5.02 Å². The highest BCUT2D eigenvalue weighted by molar-refractivity contribution is 6.30. The molecule has 0 radical (unpaired) electrons. The van der Waals surface area contributed by atoms with E-state index in [2.05, 4.69) is 25.0 Å². The maximum absolute atomic E-state index is 13.3. The normalized spacial score (nSPS) is 17.9. The molecule has 3 aromatic rings. The zero-order valence-corrected chi connectivity index (χ0v) is 21.5. The van der Waals surface area contributed by atoms with Crippen molar-refractivity contribution in [3.63, 3.8) is 0 Å². The van der Waals surface area contributed by atoms with Crippen molar-refractivity contribution in [2.24, 2.45) is 0 Å². The molecule has 0 aliphatic carbocycles.